The van der Waals surface area contributed by atoms with Crippen molar-refractivity contribution in [1.82, 2.24) is 15.6 Å². The van der Waals surface area contributed by atoms with Crippen LogP contribution in [0.15, 0.2) is 24.5 Å². The molecule has 0 saturated carbocycles. The van der Waals surface area contributed by atoms with Crippen LogP contribution in [0.25, 0.3) is 0 Å². The lowest BCUT2D eigenvalue weighted by molar-refractivity contribution is -0.119. The molecule has 0 spiro atoms. The molecule has 1 amide bonds. The van der Waals surface area contributed by atoms with Crippen molar-refractivity contribution in [2.45, 2.75) is 31.8 Å². The molecule has 16 heavy (non-hydrogen) atoms. The predicted octanol–water partition coefficient (Wildman–Crippen LogP) is 1.01. The zero-order valence-electron chi connectivity index (χ0n) is 9.44. The van der Waals surface area contributed by atoms with Crippen LogP contribution in [0.3, 0.4) is 0 Å². The summed E-state index contributed by atoms with van der Waals surface area (Å²) in [5, 5.41) is 6.35. The number of carbonyl (C=O) groups is 1. The minimum Gasteiger partial charge on any atom is -0.352 e. The normalized spacial score (nSPS) is 21.8. The molecule has 0 aromatic carbocycles. The third-order valence-corrected chi connectivity index (χ3v) is 2.94. The topological polar surface area (TPSA) is 54.0 Å². The molecular formula is C12H17N3O. The van der Waals surface area contributed by atoms with Crippen LogP contribution in [0.5, 0.6) is 0 Å². The first-order chi connectivity index (χ1) is 7.75. The Morgan fingerprint density at radius 1 is 1.69 bits per heavy atom. The maximum absolute atomic E-state index is 11.0. The summed E-state index contributed by atoms with van der Waals surface area (Å²) in [5.74, 6) is 0.167. The molecule has 86 valence electrons. The van der Waals surface area contributed by atoms with E-state index in [1.807, 2.05) is 12.3 Å². The Kier molecular flexibility index (Phi) is 3.51. The van der Waals surface area contributed by atoms with E-state index in [0.717, 1.165) is 13.0 Å². The summed E-state index contributed by atoms with van der Waals surface area (Å²) in [5.41, 5.74) is 1.17. The molecule has 1 aromatic rings. The van der Waals surface area contributed by atoms with Gasteiger partial charge in [0.15, 0.2) is 0 Å². The van der Waals surface area contributed by atoms with Crippen LogP contribution >= 0.6 is 0 Å². The van der Waals surface area contributed by atoms with Crippen molar-refractivity contribution in [3.63, 3.8) is 0 Å². The zero-order valence-corrected chi connectivity index (χ0v) is 9.44. The van der Waals surface area contributed by atoms with Crippen molar-refractivity contribution in [2.24, 2.45) is 0 Å². The van der Waals surface area contributed by atoms with Gasteiger partial charge in [-0.05, 0) is 25.0 Å². The van der Waals surface area contributed by atoms with E-state index in [1.165, 1.54) is 5.56 Å². The number of amides is 1. The van der Waals surface area contributed by atoms with E-state index in [-0.39, 0.29) is 18.0 Å². The van der Waals surface area contributed by atoms with Crippen LogP contribution in [0.2, 0.25) is 0 Å². The SMILES string of the molecule is C[C@H](NCC1CCC(=O)N1)c1cccnc1. The van der Waals surface area contributed by atoms with Crippen LogP contribution in [0, 0.1) is 0 Å². The molecule has 1 aliphatic rings. The van der Waals surface area contributed by atoms with Gasteiger partial charge in [-0.15, -0.1) is 0 Å². The molecule has 1 unspecified atom stereocenters. The molecule has 0 aliphatic carbocycles. The average Bonchev–Trinajstić information content (AvgIpc) is 2.73. The van der Waals surface area contributed by atoms with Gasteiger partial charge in [0.1, 0.15) is 0 Å². The van der Waals surface area contributed by atoms with Gasteiger partial charge in [-0.2, -0.15) is 0 Å². The molecule has 2 rings (SSSR count). The summed E-state index contributed by atoms with van der Waals surface area (Å²) < 4.78 is 0. The highest BCUT2D eigenvalue weighted by atomic mass is 16.1. The maximum Gasteiger partial charge on any atom is 0.220 e. The van der Waals surface area contributed by atoms with E-state index in [9.17, 15) is 4.79 Å². The molecule has 1 saturated heterocycles. The fraction of sp³-hybridized carbons (Fsp3) is 0.500. The van der Waals surface area contributed by atoms with Crippen molar-refractivity contribution in [2.75, 3.05) is 6.54 Å². The molecule has 2 heterocycles. The molecule has 2 atom stereocenters. The first kappa shape index (κ1) is 11.1. The minimum atomic E-state index is 0.167. The van der Waals surface area contributed by atoms with Crippen LogP contribution in [-0.2, 0) is 4.79 Å². The molecule has 0 bridgehead atoms. The number of aromatic nitrogens is 1. The Hall–Kier alpha value is -1.42. The van der Waals surface area contributed by atoms with Crippen LogP contribution < -0.4 is 10.6 Å². The van der Waals surface area contributed by atoms with Gasteiger partial charge < -0.3 is 10.6 Å². The molecule has 4 nitrogen and oxygen atoms in total. The van der Waals surface area contributed by atoms with Crippen molar-refractivity contribution in [1.29, 1.82) is 0 Å². The van der Waals surface area contributed by atoms with Gasteiger partial charge in [0.05, 0.1) is 0 Å². The Morgan fingerprint density at radius 2 is 2.56 bits per heavy atom. The third kappa shape index (κ3) is 2.79. The van der Waals surface area contributed by atoms with Gasteiger partial charge in [0, 0.05) is 37.4 Å². The number of carbonyl (C=O) groups excluding carboxylic acids is 1. The molecule has 1 aromatic heterocycles. The molecule has 4 heteroatoms. The van der Waals surface area contributed by atoms with Crippen LogP contribution in [-0.4, -0.2) is 23.5 Å². The number of hydrogen-bond donors (Lipinski definition) is 2. The molecule has 1 aliphatic heterocycles. The smallest absolute Gasteiger partial charge is 0.220 e. The van der Waals surface area contributed by atoms with Gasteiger partial charge in [-0.25, -0.2) is 0 Å². The minimum absolute atomic E-state index is 0.167. The first-order valence-electron chi connectivity index (χ1n) is 5.68. The highest BCUT2D eigenvalue weighted by Crippen LogP contribution is 2.11. The summed E-state index contributed by atoms with van der Waals surface area (Å²) in [4.78, 5) is 15.1. The second kappa shape index (κ2) is 5.07. The number of nitrogens with one attached hydrogen (secondary N) is 2. The standard InChI is InChI=1S/C12H17N3O/c1-9(10-3-2-6-13-7-10)14-8-11-4-5-12(16)15-11/h2-3,6-7,9,11,14H,4-5,8H2,1H3,(H,15,16)/t9-,11?/m0/s1. The van der Waals surface area contributed by atoms with Crippen molar-refractivity contribution >= 4 is 5.91 Å². The lowest BCUT2D eigenvalue weighted by Gasteiger charge is -2.17. The summed E-state index contributed by atoms with van der Waals surface area (Å²) >= 11 is 0. The predicted molar refractivity (Wildman–Crippen MR) is 61.8 cm³/mol. The van der Waals surface area contributed by atoms with Crippen LogP contribution in [0.1, 0.15) is 31.4 Å². The Morgan fingerprint density at radius 3 is 3.19 bits per heavy atom. The van der Waals surface area contributed by atoms with Gasteiger partial charge in [0.25, 0.3) is 0 Å². The van der Waals surface area contributed by atoms with E-state index < -0.39 is 0 Å². The Bertz CT molecular complexity index is 353. The second-order valence-electron chi connectivity index (χ2n) is 4.22. The van der Waals surface area contributed by atoms with Gasteiger partial charge in [0.2, 0.25) is 5.91 Å². The van der Waals surface area contributed by atoms with Crippen LogP contribution in [0.4, 0.5) is 0 Å². The van der Waals surface area contributed by atoms with E-state index in [0.29, 0.717) is 6.42 Å². The van der Waals surface area contributed by atoms with Crippen molar-refractivity contribution < 1.29 is 4.79 Å². The summed E-state index contributed by atoms with van der Waals surface area (Å²) in [6, 6.07) is 4.54. The summed E-state index contributed by atoms with van der Waals surface area (Å²) in [6.07, 6.45) is 5.23. The fourth-order valence-corrected chi connectivity index (χ4v) is 1.90. The van der Waals surface area contributed by atoms with Gasteiger partial charge in [-0.1, -0.05) is 6.07 Å². The Labute approximate surface area is 95.5 Å². The lowest BCUT2D eigenvalue weighted by atomic mass is 10.1. The second-order valence-corrected chi connectivity index (χ2v) is 4.22. The largest absolute Gasteiger partial charge is 0.352 e. The van der Waals surface area contributed by atoms with E-state index in [1.54, 1.807) is 6.20 Å². The molecule has 2 N–H and O–H groups in total. The lowest BCUT2D eigenvalue weighted by Crippen LogP contribution is -2.36. The fourth-order valence-electron chi connectivity index (χ4n) is 1.90. The quantitative estimate of drug-likeness (QED) is 0.794. The Balaban J connectivity index is 1.80. The van der Waals surface area contributed by atoms with Crippen molar-refractivity contribution in [3.8, 4) is 0 Å². The molecular weight excluding hydrogens is 202 g/mol. The first-order valence-corrected chi connectivity index (χ1v) is 5.68. The number of rotatable bonds is 4. The molecule has 1 fully saturated rings. The monoisotopic (exact) mass is 219 g/mol. The maximum atomic E-state index is 11.0. The molecule has 0 radical (unpaired) electrons. The van der Waals surface area contributed by atoms with E-state index in [2.05, 4.69) is 28.6 Å². The summed E-state index contributed by atoms with van der Waals surface area (Å²) in [7, 11) is 0. The van der Waals surface area contributed by atoms with E-state index in [4.69, 9.17) is 0 Å². The highest BCUT2D eigenvalue weighted by Gasteiger charge is 2.20. The van der Waals surface area contributed by atoms with Gasteiger partial charge in [-0.3, -0.25) is 9.78 Å². The zero-order chi connectivity index (χ0) is 11.4. The van der Waals surface area contributed by atoms with Crippen molar-refractivity contribution in [3.05, 3.63) is 30.1 Å². The third-order valence-electron chi connectivity index (χ3n) is 2.94. The van der Waals surface area contributed by atoms with Gasteiger partial charge >= 0.3 is 0 Å². The highest BCUT2D eigenvalue weighted by molar-refractivity contribution is 5.78. The number of hydrogen-bond acceptors (Lipinski definition) is 3. The number of pyridine rings is 1. The summed E-state index contributed by atoms with van der Waals surface area (Å²) in [6.45, 7) is 2.93. The van der Waals surface area contributed by atoms with E-state index >= 15 is 0 Å². The number of nitrogens with zero attached hydrogens (tertiary/aromatic N) is 1. The average molecular weight is 219 g/mol.